The second kappa shape index (κ2) is 8.60. The monoisotopic (exact) mass is 416 g/mol. The number of hydrazine groups is 1. The van der Waals surface area contributed by atoms with E-state index in [1.807, 2.05) is 5.43 Å². The Balaban J connectivity index is 1.99. The van der Waals surface area contributed by atoms with Crippen LogP contribution in [-0.4, -0.2) is 42.9 Å². The first-order chi connectivity index (χ1) is 12.7. The van der Waals surface area contributed by atoms with E-state index in [0.29, 0.717) is 5.02 Å². The summed E-state index contributed by atoms with van der Waals surface area (Å²) in [5.74, 6) is -4.96. The molecule has 0 aliphatic heterocycles. The highest BCUT2D eigenvalue weighted by atomic mass is 35.5. The smallest absolute Gasteiger partial charge is 0.398 e. The first kappa shape index (κ1) is 20.3. The predicted octanol–water partition coefficient (Wildman–Crippen LogP) is 0.0210. The van der Waals surface area contributed by atoms with E-state index in [4.69, 9.17) is 11.6 Å². The van der Waals surface area contributed by atoms with Crippen LogP contribution in [-0.2, 0) is 29.9 Å². The maximum absolute atomic E-state index is 12.3. The van der Waals surface area contributed by atoms with E-state index >= 15 is 0 Å². The SMILES string of the molecule is CCOC(=O)C(=O)NNC(=O)c1nc(CS(=O)(=O)c2ccc(Cl)cc2)no1. The summed E-state index contributed by atoms with van der Waals surface area (Å²) in [5.41, 5.74) is 3.64. The molecule has 0 spiro atoms. The number of benzene rings is 1. The van der Waals surface area contributed by atoms with Gasteiger partial charge in [0.25, 0.3) is 0 Å². The number of carbonyl (C=O) groups excluding carboxylic acids is 3. The molecule has 144 valence electrons. The summed E-state index contributed by atoms with van der Waals surface area (Å²) in [6.45, 7) is 1.48. The molecule has 0 unspecified atom stereocenters. The van der Waals surface area contributed by atoms with Crippen molar-refractivity contribution in [3.63, 3.8) is 0 Å². The van der Waals surface area contributed by atoms with Gasteiger partial charge in [-0.25, -0.2) is 13.2 Å². The highest BCUT2D eigenvalue weighted by Gasteiger charge is 2.23. The van der Waals surface area contributed by atoms with Crippen LogP contribution in [0.1, 0.15) is 23.4 Å². The molecule has 0 atom stereocenters. The van der Waals surface area contributed by atoms with Gasteiger partial charge in [0.1, 0.15) is 5.75 Å². The topological polar surface area (TPSA) is 158 Å². The summed E-state index contributed by atoms with van der Waals surface area (Å²) in [7, 11) is -3.79. The zero-order valence-electron chi connectivity index (χ0n) is 13.8. The van der Waals surface area contributed by atoms with Crippen LogP contribution in [0.25, 0.3) is 0 Å². The molecule has 2 amide bonds. The van der Waals surface area contributed by atoms with Crippen molar-refractivity contribution in [2.75, 3.05) is 6.61 Å². The number of sulfone groups is 1. The van der Waals surface area contributed by atoms with Gasteiger partial charge in [-0.3, -0.25) is 20.4 Å². The number of ether oxygens (including phenoxy) is 1. The molecule has 13 heteroatoms. The molecule has 0 bridgehead atoms. The van der Waals surface area contributed by atoms with Gasteiger partial charge >= 0.3 is 23.7 Å². The lowest BCUT2D eigenvalue weighted by Crippen LogP contribution is -2.45. The molecule has 2 rings (SSSR count). The third-order valence-electron chi connectivity index (χ3n) is 2.90. The van der Waals surface area contributed by atoms with Crippen LogP contribution >= 0.6 is 11.6 Å². The molecular weight excluding hydrogens is 404 g/mol. The molecular formula is C14H13ClN4O7S. The molecule has 0 fully saturated rings. The van der Waals surface area contributed by atoms with Crippen LogP contribution in [0, 0.1) is 0 Å². The van der Waals surface area contributed by atoms with Crippen molar-refractivity contribution in [2.24, 2.45) is 0 Å². The Bertz CT molecular complexity index is 956. The van der Waals surface area contributed by atoms with Crippen molar-refractivity contribution in [2.45, 2.75) is 17.6 Å². The highest BCUT2D eigenvalue weighted by molar-refractivity contribution is 7.90. The van der Waals surface area contributed by atoms with E-state index in [1.165, 1.54) is 31.2 Å². The Labute approximate surface area is 157 Å². The Morgan fingerprint density at radius 1 is 1.19 bits per heavy atom. The van der Waals surface area contributed by atoms with Gasteiger partial charge in [0, 0.05) is 5.02 Å². The number of amides is 2. The van der Waals surface area contributed by atoms with E-state index < -0.39 is 39.3 Å². The van der Waals surface area contributed by atoms with Crippen molar-refractivity contribution < 1.29 is 32.1 Å². The Hall–Kier alpha value is -2.99. The predicted molar refractivity (Wildman–Crippen MR) is 88.9 cm³/mol. The fraction of sp³-hybridized carbons (Fsp3) is 0.214. The third kappa shape index (κ3) is 5.49. The minimum absolute atomic E-state index is 0.00981. The summed E-state index contributed by atoms with van der Waals surface area (Å²) >= 11 is 5.71. The number of hydrogen-bond donors (Lipinski definition) is 2. The van der Waals surface area contributed by atoms with E-state index in [9.17, 15) is 22.8 Å². The minimum Gasteiger partial charge on any atom is -0.459 e. The molecule has 2 N–H and O–H groups in total. The lowest BCUT2D eigenvalue weighted by Gasteiger charge is -2.03. The second-order valence-electron chi connectivity index (χ2n) is 4.86. The summed E-state index contributed by atoms with van der Waals surface area (Å²) in [6, 6.07) is 5.46. The molecule has 1 aromatic carbocycles. The van der Waals surface area contributed by atoms with Crippen LogP contribution in [0.4, 0.5) is 0 Å². The van der Waals surface area contributed by atoms with Crippen LogP contribution in [0.3, 0.4) is 0 Å². The quantitative estimate of drug-likeness (QED) is 0.389. The molecule has 11 nitrogen and oxygen atoms in total. The van der Waals surface area contributed by atoms with E-state index in [1.54, 1.807) is 5.43 Å². The van der Waals surface area contributed by atoms with Gasteiger partial charge in [-0.15, -0.1) is 0 Å². The largest absolute Gasteiger partial charge is 0.459 e. The number of nitrogens with one attached hydrogen (secondary N) is 2. The van der Waals surface area contributed by atoms with E-state index in [2.05, 4.69) is 19.4 Å². The van der Waals surface area contributed by atoms with Gasteiger partial charge in [0.15, 0.2) is 15.7 Å². The van der Waals surface area contributed by atoms with Gasteiger partial charge in [-0.1, -0.05) is 16.8 Å². The maximum Gasteiger partial charge on any atom is 0.398 e. The standard InChI is InChI=1S/C14H13ClN4O7S/c1-2-25-14(22)12(21)18-17-11(20)13-16-10(19-26-13)7-27(23,24)9-5-3-8(15)4-6-9/h3-6H,2,7H2,1H3,(H,17,20)(H,18,21). The fourth-order valence-corrected chi connectivity index (χ4v) is 3.02. The van der Waals surface area contributed by atoms with Gasteiger partial charge in [-0.2, -0.15) is 4.98 Å². The molecule has 0 radical (unpaired) electrons. The number of nitrogens with zero attached hydrogens (tertiary/aromatic N) is 2. The van der Waals surface area contributed by atoms with Crippen molar-refractivity contribution in [1.82, 2.24) is 21.0 Å². The number of carbonyl (C=O) groups is 3. The first-order valence-corrected chi connectivity index (χ1v) is 9.34. The third-order valence-corrected chi connectivity index (χ3v) is 4.79. The van der Waals surface area contributed by atoms with Crippen molar-refractivity contribution in [3.05, 3.63) is 41.0 Å². The van der Waals surface area contributed by atoms with Gasteiger partial charge in [0.2, 0.25) is 0 Å². The zero-order valence-corrected chi connectivity index (χ0v) is 15.3. The summed E-state index contributed by atoms with van der Waals surface area (Å²) in [4.78, 5) is 37.8. The van der Waals surface area contributed by atoms with E-state index in [-0.39, 0.29) is 17.3 Å². The van der Waals surface area contributed by atoms with Gasteiger partial charge in [0.05, 0.1) is 11.5 Å². The Morgan fingerprint density at radius 2 is 1.85 bits per heavy atom. The van der Waals surface area contributed by atoms with Crippen molar-refractivity contribution in [3.8, 4) is 0 Å². The molecule has 2 aromatic rings. The number of hydrogen-bond acceptors (Lipinski definition) is 9. The average molecular weight is 417 g/mol. The molecule has 0 aliphatic carbocycles. The minimum atomic E-state index is -3.79. The van der Waals surface area contributed by atoms with Crippen LogP contribution in [0.15, 0.2) is 33.7 Å². The summed E-state index contributed by atoms with van der Waals surface area (Å²) in [6.07, 6.45) is 0. The fourth-order valence-electron chi connectivity index (χ4n) is 1.71. The highest BCUT2D eigenvalue weighted by Crippen LogP contribution is 2.17. The molecule has 0 saturated heterocycles. The maximum atomic E-state index is 12.3. The van der Waals surface area contributed by atoms with Gasteiger partial charge < -0.3 is 9.26 Å². The van der Waals surface area contributed by atoms with Crippen molar-refractivity contribution in [1.29, 1.82) is 0 Å². The van der Waals surface area contributed by atoms with Crippen molar-refractivity contribution >= 4 is 39.2 Å². The normalized spacial score (nSPS) is 10.9. The number of halogens is 1. The van der Waals surface area contributed by atoms with E-state index in [0.717, 1.165) is 0 Å². The number of esters is 1. The lowest BCUT2D eigenvalue weighted by atomic mass is 10.4. The molecule has 27 heavy (non-hydrogen) atoms. The second-order valence-corrected chi connectivity index (χ2v) is 7.28. The number of aromatic nitrogens is 2. The van der Waals surface area contributed by atoms with Crippen LogP contribution in [0.5, 0.6) is 0 Å². The Kier molecular flexibility index (Phi) is 6.47. The average Bonchev–Trinajstić information content (AvgIpc) is 3.07. The molecule has 0 saturated carbocycles. The zero-order chi connectivity index (χ0) is 20.0. The van der Waals surface area contributed by atoms with Crippen LogP contribution < -0.4 is 10.9 Å². The summed E-state index contributed by atoms with van der Waals surface area (Å²) < 4.78 is 33.6. The molecule has 1 aromatic heterocycles. The summed E-state index contributed by atoms with van der Waals surface area (Å²) in [5, 5.41) is 3.77. The first-order valence-electron chi connectivity index (χ1n) is 7.31. The van der Waals surface area contributed by atoms with Gasteiger partial charge in [-0.05, 0) is 31.2 Å². The molecule has 1 heterocycles. The van der Waals surface area contributed by atoms with Crippen LogP contribution in [0.2, 0.25) is 5.02 Å². The Morgan fingerprint density at radius 3 is 2.48 bits per heavy atom. The number of rotatable bonds is 5. The molecule has 0 aliphatic rings. The lowest BCUT2D eigenvalue weighted by molar-refractivity contribution is -0.154.